The Morgan fingerprint density at radius 2 is 2.36 bits per heavy atom. The van der Waals surface area contributed by atoms with Crippen molar-refractivity contribution < 1.29 is 4.42 Å². The Bertz CT molecular complexity index is 250. The van der Waals surface area contributed by atoms with Gasteiger partial charge in [-0.2, -0.15) is 0 Å². The highest BCUT2D eigenvalue weighted by atomic mass is 16.4. The average molecular weight is 152 g/mol. The number of aryl methyl sites for hydroxylation is 1. The number of nitrogens with zero attached hydrogens (tertiary/aromatic N) is 2. The molecule has 0 saturated carbocycles. The van der Waals surface area contributed by atoms with Gasteiger partial charge in [0.1, 0.15) is 5.76 Å². The zero-order valence-electron chi connectivity index (χ0n) is 6.87. The lowest BCUT2D eigenvalue weighted by atomic mass is 10.0. The highest BCUT2D eigenvalue weighted by Crippen LogP contribution is 2.24. The van der Waals surface area contributed by atoms with E-state index in [0.29, 0.717) is 5.92 Å². The van der Waals surface area contributed by atoms with Crippen LogP contribution in [0, 0.1) is 6.92 Å². The zero-order chi connectivity index (χ0) is 7.84. The van der Waals surface area contributed by atoms with Crippen molar-refractivity contribution in [2.24, 2.45) is 0 Å². The van der Waals surface area contributed by atoms with E-state index in [1.54, 1.807) is 6.20 Å². The number of oxazole rings is 1. The lowest BCUT2D eigenvalue weighted by Crippen LogP contribution is -2.41. The van der Waals surface area contributed by atoms with Crippen molar-refractivity contribution in [2.45, 2.75) is 12.8 Å². The first kappa shape index (κ1) is 6.85. The van der Waals surface area contributed by atoms with Gasteiger partial charge in [0.25, 0.3) is 0 Å². The van der Waals surface area contributed by atoms with Crippen molar-refractivity contribution in [3.63, 3.8) is 0 Å². The fourth-order valence-electron chi connectivity index (χ4n) is 1.42. The summed E-state index contributed by atoms with van der Waals surface area (Å²) in [7, 11) is 2.10. The van der Waals surface area contributed by atoms with E-state index < -0.39 is 0 Å². The van der Waals surface area contributed by atoms with E-state index >= 15 is 0 Å². The van der Waals surface area contributed by atoms with E-state index in [1.165, 1.54) is 0 Å². The summed E-state index contributed by atoms with van der Waals surface area (Å²) in [5.41, 5.74) is 0. The van der Waals surface area contributed by atoms with Crippen LogP contribution in [0.3, 0.4) is 0 Å². The second-order valence-electron chi connectivity index (χ2n) is 3.23. The summed E-state index contributed by atoms with van der Waals surface area (Å²) < 4.78 is 5.40. The maximum Gasteiger partial charge on any atom is 0.200 e. The number of hydrogen-bond donors (Lipinski definition) is 0. The largest absolute Gasteiger partial charge is 0.446 e. The van der Waals surface area contributed by atoms with Crippen LogP contribution in [0.15, 0.2) is 10.6 Å². The van der Waals surface area contributed by atoms with Gasteiger partial charge in [-0.3, -0.25) is 0 Å². The van der Waals surface area contributed by atoms with E-state index in [-0.39, 0.29) is 0 Å². The van der Waals surface area contributed by atoms with Gasteiger partial charge in [-0.05, 0) is 14.0 Å². The van der Waals surface area contributed by atoms with Crippen LogP contribution in [0.1, 0.15) is 17.6 Å². The minimum atomic E-state index is 0.536. The molecule has 3 nitrogen and oxygen atoms in total. The molecule has 0 bridgehead atoms. The van der Waals surface area contributed by atoms with Crippen LogP contribution in [0.2, 0.25) is 0 Å². The molecule has 1 aliphatic heterocycles. The maximum atomic E-state index is 5.40. The summed E-state index contributed by atoms with van der Waals surface area (Å²) in [6, 6.07) is 0. The van der Waals surface area contributed by atoms with Crippen molar-refractivity contribution in [1.29, 1.82) is 0 Å². The van der Waals surface area contributed by atoms with E-state index in [1.807, 2.05) is 6.92 Å². The first-order valence-electron chi connectivity index (χ1n) is 3.86. The molecule has 2 rings (SSSR count). The lowest BCUT2D eigenvalue weighted by molar-refractivity contribution is 0.165. The molecular weight excluding hydrogens is 140 g/mol. The van der Waals surface area contributed by atoms with Crippen LogP contribution in [-0.4, -0.2) is 30.0 Å². The highest BCUT2D eigenvalue weighted by Gasteiger charge is 2.28. The molecule has 0 unspecified atom stereocenters. The topological polar surface area (TPSA) is 29.3 Å². The molecule has 1 aromatic heterocycles. The Hall–Kier alpha value is -0.830. The summed E-state index contributed by atoms with van der Waals surface area (Å²) in [6.07, 6.45) is 1.79. The van der Waals surface area contributed by atoms with Crippen LogP contribution >= 0.6 is 0 Å². The predicted molar refractivity (Wildman–Crippen MR) is 41.5 cm³/mol. The molecule has 1 saturated heterocycles. The Morgan fingerprint density at radius 3 is 2.82 bits per heavy atom. The monoisotopic (exact) mass is 152 g/mol. The van der Waals surface area contributed by atoms with Gasteiger partial charge < -0.3 is 9.32 Å². The number of likely N-dealkylation sites (N-methyl/N-ethyl adjacent to an activating group) is 1. The van der Waals surface area contributed by atoms with Gasteiger partial charge >= 0.3 is 0 Å². The number of hydrogen-bond acceptors (Lipinski definition) is 3. The van der Waals surface area contributed by atoms with Crippen molar-refractivity contribution in [3.05, 3.63) is 17.8 Å². The number of aromatic nitrogens is 1. The summed E-state index contributed by atoms with van der Waals surface area (Å²) >= 11 is 0. The third kappa shape index (κ3) is 1.16. The molecule has 0 atom stereocenters. The van der Waals surface area contributed by atoms with E-state index in [4.69, 9.17) is 4.42 Å². The third-order valence-corrected chi connectivity index (χ3v) is 2.05. The van der Waals surface area contributed by atoms with Crippen molar-refractivity contribution in [3.8, 4) is 0 Å². The van der Waals surface area contributed by atoms with Crippen LogP contribution in [0.25, 0.3) is 0 Å². The van der Waals surface area contributed by atoms with E-state index in [0.717, 1.165) is 24.7 Å². The van der Waals surface area contributed by atoms with Crippen molar-refractivity contribution in [1.82, 2.24) is 9.88 Å². The molecule has 1 aliphatic rings. The minimum absolute atomic E-state index is 0.536. The molecule has 0 amide bonds. The van der Waals surface area contributed by atoms with E-state index in [2.05, 4.69) is 16.9 Å². The SMILES string of the molecule is Cc1cnc(C2CN(C)C2)o1. The van der Waals surface area contributed by atoms with Crippen LogP contribution in [0.4, 0.5) is 0 Å². The molecule has 0 radical (unpaired) electrons. The second-order valence-corrected chi connectivity index (χ2v) is 3.23. The van der Waals surface area contributed by atoms with Gasteiger partial charge in [-0.15, -0.1) is 0 Å². The first-order chi connectivity index (χ1) is 5.25. The highest BCUT2D eigenvalue weighted by molar-refractivity contribution is 5.03. The molecule has 2 heterocycles. The van der Waals surface area contributed by atoms with Crippen molar-refractivity contribution >= 4 is 0 Å². The number of likely N-dealkylation sites (tertiary alicyclic amines) is 1. The summed E-state index contributed by atoms with van der Waals surface area (Å²) in [5, 5.41) is 0. The Kier molecular flexibility index (Phi) is 1.46. The number of rotatable bonds is 1. The molecule has 0 N–H and O–H groups in total. The molecule has 11 heavy (non-hydrogen) atoms. The lowest BCUT2D eigenvalue weighted by Gasteiger charge is -2.33. The van der Waals surface area contributed by atoms with Crippen LogP contribution < -0.4 is 0 Å². The molecule has 1 fully saturated rings. The van der Waals surface area contributed by atoms with Gasteiger partial charge in [0.15, 0.2) is 5.89 Å². The van der Waals surface area contributed by atoms with Gasteiger partial charge in [-0.1, -0.05) is 0 Å². The summed E-state index contributed by atoms with van der Waals surface area (Å²) in [6.45, 7) is 4.10. The minimum Gasteiger partial charge on any atom is -0.446 e. The fourth-order valence-corrected chi connectivity index (χ4v) is 1.42. The maximum absolute atomic E-state index is 5.40. The Morgan fingerprint density at radius 1 is 1.64 bits per heavy atom. The quantitative estimate of drug-likeness (QED) is 0.601. The van der Waals surface area contributed by atoms with Gasteiger partial charge in [0, 0.05) is 13.1 Å². The van der Waals surface area contributed by atoms with Crippen LogP contribution in [-0.2, 0) is 0 Å². The third-order valence-electron chi connectivity index (χ3n) is 2.05. The standard InChI is InChI=1S/C8H12N2O/c1-6-3-9-8(11-6)7-4-10(2)5-7/h3,7H,4-5H2,1-2H3. The van der Waals surface area contributed by atoms with Crippen molar-refractivity contribution in [2.75, 3.05) is 20.1 Å². The smallest absolute Gasteiger partial charge is 0.200 e. The summed E-state index contributed by atoms with van der Waals surface area (Å²) in [5.74, 6) is 2.35. The second kappa shape index (κ2) is 2.34. The first-order valence-corrected chi connectivity index (χ1v) is 3.86. The molecule has 0 spiro atoms. The average Bonchev–Trinajstić information content (AvgIpc) is 2.29. The molecule has 60 valence electrons. The summed E-state index contributed by atoms with van der Waals surface area (Å²) in [4.78, 5) is 6.43. The molecule has 0 aromatic carbocycles. The molecule has 3 heteroatoms. The van der Waals surface area contributed by atoms with Gasteiger partial charge in [-0.25, -0.2) is 4.98 Å². The predicted octanol–water partition coefficient (Wildman–Crippen LogP) is 1.01. The molecule has 0 aliphatic carbocycles. The fraction of sp³-hybridized carbons (Fsp3) is 0.625. The van der Waals surface area contributed by atoms with Gasteiger partial charge in [0.05, 0.1) is 12.1 Å². The zero-order valence-corrected chi connectivity index (χ0v) is 6.87. The Labute approximate surface area is 66.0 Å². The molecular formula is C8H12N2O. The normalized spacial score (nSPS) is 20.2. The Balaban J connectivity index is 2.07. The molecule has 1 aromatic rings. The van der Waals surface area contributed by atoms with Gasteiger partial charge in [0.2, 0.25) is 0 Å². The van der Waals surface area contributed by atoms with E-state index in [9.17, 15) is 0 Å². The van der Waals surface area contributed by atoms with Crippen LogP contribution in [0.5, 0.6) is 0 Å².